The molecule has 3 atom stereocenters. The van der Waals surface area contributed by atoms with E-state index >= 15 is 0 Å². The van der Waals surface area contributed by atoms with E-state index in [2.05, 4.69) is 24.5 Å². The van der Waals surface area contributed by atoms with E-state index in [1.54, 1.807) is 0 Å². The summed E-state index contributed by atoms with van der Waals surface area (Å²) < 4.78 is 11.6. The monoisotopic (exact) mass is 372 g/mol. The summed E-state index contributed by atoms with van der Waals surface area (Å²) >= 11 is 0. The van der Waals surface area contributed by atoms with Crippen molar-refractivity contribution in [1.29, 1.82) is 0 Å². The number of hydrogen-bond donors (Lipinski definition) is 2. The molecular formula is C21H28N2O4. The highest BCUT2D eigenvalue weighted by molar-refractivity contribution is 6.09. The van der Waals surface area contributed by atoms with Crippen LogP contribution in [0.15, 0.2) is 24.3 Å². The van der Waals surface area contributed by atoms with Crippen LogP contribution < -0.4 is 20.1 Å². The average molecular weight is 372 g/mol. The number of carbonyl (C=O) groups excluding carboxylic acids is 2. The lowest BCUT2D eigenvalue weighted by atomic mass is 9.68. The summed E-state index contributed by atoms with van der Waals surface area (Å²) in [4.78, 5) is 25.4. The van der Waals surface area contributed by atoms with E-state index < -0.39 is 5.41 Å². The van der Waals surface area contributed by atoms with Crippen LogP contribution in [0.4, 0.5) is 0 Å². The molecule has 146 valence electrons. The summed E-state index contributed by atoms with van der Waals surface area (Å²) in [7, 11) is 0. The van der Waals surface area contributed by atoms with Crippen LogP contribution in [0.3, 0.4) is 0 Å². The van der Waals surface area contributed by atoms with Gasteiger partial charge in [0, 0.05) is 26.1 Å². The first-order chi connectivity index (χ1) is 12.9. The Balaban J connectivity index is 1.22. The number of rotatable bonds is 6. The van der Waals surface area contributed by atoms with Crippen LogP contribution in [0.25, 0.3) is 0 Å². The van der Waals surface area contributed by atoms with Crippen molar-refractivity contribution in [3.05, 3.63) is 24.3 Å². The van der Waals surface area contributed by atoms with Crippen molar-refractivity contribution in [2.45, 2.75) is 39.2 Å². The van der Waals surface area contributed by atoms with Crippen molar-refractivity contribution in [1.82, 2.24) is 10.6 Å². The van der Waals surface area contributed by atoms with Crippen molar-refractivity contribution < 1.29 is 19.1 Å². The minimum absolute atomic E-state index is 0.0554. The van der Waals surface area contributed by atoms with Crippen molar-refractivity contribution in [2.24, 2.45) is 16.7 Å². The van der Waals surface area contributed by atoms with Gasteiger partial charge in [-0.15, -0.1) is 0 Å². The van der Waals surface area contributed by atoms with Crippen LogP contribution in [0.5, 0.6) is 11.5 Å². The molecule has 2 saturated carbocycles. The molecule has 4 rings (SSSR count). The number of para-hydroxylation sites is 2. The fourth-order valence-corrected chi connectivity index (χ4v) is 5.05. The summed E-state index contributed by atoms with van der Waals surface area (Å²) in [6.45, 7) is 6.42. The minimum Gasteiger partial charge on any atom is -0.486 e. The number of Topliss-reactive ketones (excluding diaryl/α,β-unsaturated/α-hetero) is 1. The van der Waals surface area contributed by atoms with Crippen LogP contribution in [0.2, 0.25) is 0 Å². The molecule has 1 heterocycles. The lowest BCUT2D eigenvalue weighted by Crippen LogP contribution is -2.51. The van der Waals surface area contributed by atoms with Crippen LogP contribution >= 0.6 is 0 Å². The average Bonchev–Trinajstić information content (AvgIpc) is 3.03. The highest BCUT2D eigenvalue weighted by Gasteiger charge is 2.67. The first-order valence-electron chi connectivity index (χ1n) is 9.86. The molecule has 27 heavy (non-hydrogen) atoms. The van der Waals surface area contributed by atoms with E-state index in [4.69, 9.17) is 9.47 Å². The van der Waals surface area contributed by atoms with Gasteiger partial charge in [-0.25, -0.2) is 0 Å². The summed E-state index contributed by atoms with van der Waals surface area (Å²) in [5.74, 6) is 1.92. The maximum Gasteiger partial charge on any atom is 0.234 e. The zero-order valence-electron chi connectivity index (χ0n) is 16.0. The molecule has 1 aromatic carbocycles. The summed E-state index contributed by atoms with van der Waals surface area (Å²) in [6.07, 6.45) is 2.17. The Hall–Kier alpha value is -2.08. The second kappa shape index (κ2) is 6.82. The zero-order valence-corrected chi connectivity index (χ0v) is 16.0. The van der Waals surface area contributed by atoms with Gasteiger partial charge in [-0.05, 0) is 36.3 Å². The van der Waals surface area contributed by atoms with E-state index in [0.29, 0.717) is 45.0 Å². The fraction of sp³-hybridized carbons (Fsp3) is 0.619. The second-order valence-electron chi connectivity index (χ2n) is 8.45. The lowest BCUT2D eigenvalue weighted by molar-refractivity contribution is -0.144. The summed E-state index contributed by atoms with van der Waals surface area (Å²) in [6, 6.07) is 7.64. The molecule has 0 aromatic heterocycles. The molecular weight excluding hydrogens is 344 g/mol. The van der Waals surface area contributed by atoms with Gasteiger partial charge in [0.1, 0.15) is 23.9 Å². The van der Waals surface area contributed by atoms with Crippen LogP contribution in [-0.2, 0) is 9.59 Å². The van der Waals surface area contributed by atoms with Gasteiger partial charge < -0.3 is 20.1 Å². The van der Waals surface area contributed by atoms with Gasteiger partial charge >= 0.3 is 0 Å². The molecule has 1 amide bonds. The van der Waals surface area contributed by atoms with Crippen molar-refractivity contribution in [3.8, 4) is 11.5 Å². The molecule has 0 spiro atoms. The quantitative estimate of drug-likeness (QED) is 0.589. The maximum atomic E-state index is 12.8. The summed E-state index contributed by atoms with van der Waals surface area (Å²) in [5, 5.41) is 6.29. The second-order valence-corrected chi connectivity index (χ2v) is 8.45. The molecule has 0 radical (unpaired) electrons. The molecule has 2 N–H and O–H groups in total. The SMILES string of the molecule is CC1(C)C2CCC1(C(=O)NCCNCC1COc3ccccc3O1)C(=O)C2. The molecule has 2 bridgehead atoms. The topological polar surface area (TPSA) is 76.7 Å². The van der Waals surface area contributed by atoms with Gasteiger partial charge in [-0.2, -0.15) is 0 Å². The Morgan fingerprint density at radius 1 is 1.22 bits per heavy atom. The molecule has 2 aliphatic carbocycles. The zero-order chi connectivity index (χ0) is 19.1. The third-order valence-corrected chi connectivity index (χ3v) is 6.81. The maximum absolute atomic E-state index is 12.8. The standard InChI is InChI=1S/C21H28N2O4/c1-20(2)14-7-8-21(20,18(24)11-14)19(25)23-10-9-22-12-15-13-26-16-5-3-4-6-17(16)27-15/h3-6,14-15,22H,7-13H2,1-2H3,(H,23,25). The predicted molar refractivity (Wildman–Crippen MR) is 101 cm³/mol. The van der Waals surface area contributed by atoms with Crippen molar-refractivity contribution >= 4 is 11.7 Å². The highest BCUT2D eigenvalue weighted by atomic mass is 16.6. The number of nitrogens with one attached hydrogen (secondary N) is 2. The Morgan fingerprint density at radius 2 is 2.00 bits per heavy atom. The molecule has 6 nitrogen and oxygen atoms in total. The number of ketones is 1. The third-order valence-electron chi connectivity index (χ3n) is 6.81. The number of fused-ring (bicyclic) bond motifs is 3. The van der Waals surface area contributed by atoms with E-state index in [1.165, 1.54) is 0 Å². The molecule has 1 aromatic rings. The smallest absolute Gasteiger partial charge is 0.234 e. The van der Waals surface area contributed by atoms with Crippen LogP contribution in [0.1, 0.15) is 33.1 Å². The van der Waals surface area contributed by atoms with E-state index in [0.717, 1.165) is 17.9 Å². The predicted octanol–water partition coefficient (Wildman–Crippen LogP) is 1.93. The summed E-state index contributed by atoms with van der Waals surface area (Å²) in [5.41, 5.74) is -1.05. The van der Waals surface area contributed by atoms with Crippen LogP contribution in [0, 0.1) is 16.7 Å². The van der Waals surface area contributed by atoms with Crippen LogP contribution in [-0.4, -0.2) is 44.0 Å². The Kier molecular flexibility index (Phi) is 4.62. The van der Waals surface area contributed by atoms with Gasteiger partial charge in [0.15, 0.2) is 11.5 Å². The minimum atomic E-state index is -0.818. The number of ether oxygens (including phenoxy) is 2. The number of benzene rings is 1. The number of amides is 1. The van der Waals surface area contributed by atoms with Crippen molar-refractivity contribution in [3.63, 3.8) is 0 Å². The van der Waals surface area contributed by atoms with Gasteiger partial charge in [0.05, 0.1) is 0 Å². The molecule has 3 aliphatic rings. The Labute approximate surface area is 160 Å². The largest absolute Gasteiger partial charge is 0.486 e. The number of carbonyl (C=O) groups is 2. The van der Waals surface area contributed by atoms with E-state index in [1.807, 2.05) is 24.3 Å². The number of hydrogen-bond acceptors (Lipinski definition) is 5. The van der Waals surface area contributed by atoms with Gasteiger partial charge in [-0.1, -0.05) is 26.0 Å². The molecule has 0 saturated heterocycles. The third kappa shape index (κ3) is 2.90. The first-order valence-corrected chi connectivity index (χ1v) is 9.86. The Morgan fingerprint density at radius 3 is 2.70 bits per heavy atom. The van der Waals surface area contributed by atoms with Gasteiger partial charge in [-0.3, -0.25) is 9.59 Å². The van der Waals surface area contributed by atoms with Crippen molar-refractivity contribution in [2.75, 3.05) is 26.2 Å². The van der Waals surface area contributed by atoms with Gasteiger partial charge in [0.2, 0.25) is 5.91 Å². The Bertz CT molecular complexity index is 747. The molecule has 3 unspecified atom stereocenters. The molecule has 2 fully saturated rings. The lowest BCUT2D eigenvalue weighted by Gasteiger charge is -2.35. The molecule has 1 aliphatic heterocycles. The van der Waals surface area contributed by atoms with E-state index in [9.17, 15) is 9.59 Å². The fourth-order valence-electron chi connectivity index (χ4n) is 5.05. The van der Waals surface area contributed by atoms with E-state index in [-0.39, 0.29) is 23.2 Å². The molecule has 6 heteroatoms. The van der Waals surface area contributed by atoms with Gasteiger partial charge in [0.25, 0.3) is 0 Å². The first kappa shape index (κ1) is 18.3. The normalized spacial score (nSPS) is 30.4. The highest BCUT2D eigenvalue weighted by Crippen LogP contribution is 2.63.